The second-order valence-electron chi connectivity index (χ2n) is 0. The predicted molar refractivity (Wildman–Crippen MR) is 27.9 cm³/mol. The first-order chi connectivity index (χ1) is 0. The van der Waals surface area contributed by atoms with Crippen LogP contribution in [0.2, 0.25) is 0 Å². The van der Waals surface area contributed by atoms with Crippen molar-refractivity contribution in [3.63, 3.8) is 0 Å². The normalized spacial score (nSPS) is 0. The van der Waals surface area contributed by atoms with Gasteiger partial charge in [-0.1, -0.05) is 0 Å². The van der Waals surface area contributed by atoms with Crippen molar-refractivity contribution in [3.8, 4) is 0 Å². The molecule has 5 heteroatoms. The van der Waals surface area contributed by atoms with Gasteiger partial charge in [0.25, 0.3) is 0 Å². The van der Waals surface area contributed by atoms with Crippen molar-refractivity contribution in [2.75, 3.05) is 0 Å². The maximum atomic E-state index is 0. The first-order valence-electron chi connectivity index (χ1n) is 0. The molecule has 0 heterocycles. The van der Waals surface area contributed by atoms with Crippen LogP contribution < -0.4 is 0 Å². The first kappa shape index (κ1) is 46.3. The third-order valence-electron chi connectivity index (χ3n) is 0. The summed E-state index contributed by atoms with van der Waals surface area (Å²) in [5.74, 6) is 0. The fourth-order valence-electron chi connectivity index (χ4n) is 0. The third kappa shape index (κ3) is 20.1. The SMILES string of the molecule is [AlH3].[Cu].[H-].[H-].[Mg+2].[SiH3].[Ta]. The van der Waals surface area contributed by atoms with Crippen molar-refractivity contribution in [3.05, 3.63) is 0 Å². The zero-order valence-corrected chi connectivity index (χ0v) is 10.0. The summed E-state index contributed by atoms with van der Waals surface area (Å²) in [5.41, 5.74) is 0. The van der Waals surface area contributed by atoms with Crippen LogP contribution >= 0.6 is 0 Å². The molecule has 0 amide bonds. The van der Waals surface area contributed by atoms with Crippen LogP contribution in [0.1, 0.15) is 2.85 Å². The summed E-state index contributed by atoms with van der Waals surface area (Å²) in [6.45, 7) is 0. The van der Waals surface area contributed by atoms with Gasteiger partial charge in [0, 0.05) is 39.4 Å². The second kappa shape index (κ2) is 29.3. The zero-order chi connectivity index (χ0) is 0. The molecule has 0 N–H and O–H groups in total. The van der Waals surface area contributed by atoms with Crippen LogP contribution in [-0.2, 0) is 39.4 Å². The molecule has 0 saturated heterocycles. The molecule has 0 unspecified atom stereocenters. The molecule has 0 spiro atoms. The van der Waals surface area contributed by atoms with Crippen LogP contribution in [0.15, 0.2) is 0 Å². The Morgan fingerprint density at radius 3 is 1.20 bits per heavy atom. The van der Waals surface area contributed by atoms with Gasteiger partial charge in [-0.3, -0.25) is 0 Å². The average molecular weight is 332 g/mol. The zero-order valence-electron chi connectivity index (χ0n) is 4.46. The molecule has 0 saturated carbocycles. The Hall–Kier alpha value is 2.78. The van der Waals surface area contributed by atoms with Gasteiger partial charge in [-0.05, 0) is 11.0 Å². The van der Waals surface area contributed by atoms with Gasteiger partial charge >= 0.3 is 23.1 Å². The van der Waals surface area contributed by atoms with Gasteiger partial charge < -0.3 is 2.85 Å². The standard InChI is InChI=1S/Al.Cu.Mg.H3Si.Ta.5H/h;;;1H3;;;;;;/q;;+2;;;;;;2*-1. The molecule has 0 aliphatic rings. The Morgan fingerprint density at radius 1 is 1.20 bits per heavy atom. The summed E-state index contributed by atoms with van der Waals surface area (Å²) >= 11 is 0. The van der Waals surface area contributed by atoms with Crippen molar-refractivity contribution < 1.29 is 42.3 Å². The van der Waals surface area contributed by atoms with Crippen molar-refractivity contribution in [2.45, 2.75) is 0 Å². The Morgan fingerprint density at radius 2 is 1.20 bits per heavy atom. The predicted octanol–water partition coefficient (Wildman–Crippen LogP) is -2.53. The average Bonchev–Trinajstić information content (AvgIpc) is 0. The Bertz CT molecular complexity index is 17.7. The molecule has 0 aromatic rings. The summed E-state index contributed by atoms with van der Waals surface area (Å²) in [6.07, 6.45) is 0. The molecule has 0 aliphatic carbocycles. The minimum absolute atomic E-state index is 0. The number of rotatable bonds is 0. The summed E-state index contributed by atoms with van der Waals surface area (Å²) in [6, 6.07) is 0. The molecule has 0 nitrogen and oxygen atoms in total. The van der Waals surface area contributed by atoms with E-state index < -0.39 is 0 Å². The minimum Gasteiger partial charge on any atom is -1.00 e. The van der Waals surface area contributed by atoms with Crippen LogP contribution in [0.4, 0.5) is 0 Å². The van der Waals surface area contributed by atoms with E-state index in [2.05, 4.69) is 0 Å². The molecule has 0 aromatic carbocycles. The summed E-state index contributed by atoms with van der Waals surface area (Å²) in [5, 5.41) is 0. The molecular weight excluding hydrogens is 324 g/mol. The maximum absolute atomic E-state index is 0. The monoisotopic (exact) mass is 331 g/mol. The van der Waals surface area contributed by atoms with E-state index in [0.717, 1.165) is 0 Å². The van der Waals surface area contributed by atoms with Crippen molar-refractivity contribution in [2.24, 2.45) is 0 Å². The topological polar surface area (TPSA) is 0 Å². The molecule has 3 radical (unpaired) electrons. The smallest absolute Gasteiger partial charge is 1.00 e. The van der Waals surface area contributed by atoms with E-state index in [9.17, 15) is 0 Å². The van der Waals surface area contributed by atoms with E-state index in [0.29, 0.717) is 0 Å². The minimum atomic E-state index is 0. The quantitative estimate of drug-likeness (QED) is 0.430. The summed E-state index contributed by atoms with van der Waals surface area (Å²) in [7, 11) is 0. The van der Waals surface area contributed by atoms with Crippen LogP contribution in [0.3, 0.4) is 0 Å². The number of hydrogen-bond acceptors (Lipinski definition) is 0. The van der Waals surface area contributed by atoms with E-state index >= 15 is 0 Å². The molecule has 0 atom stereocenters. The van der Waals surface area contributed by atoms with Gasteiger partial charge in [-0.25, -0.2) is 0 Å². The van der Waals surface area contributed by atoms with Crippen molar-refractivity contribution in [1.29, 1.82) is 0 Å². The molecule has 0 aliphatic heterocycles. The van der Waals surface area contributed by atoms with Gasteiger partial charge in [0.1, 0.15) is 0 Å². The Balaban J connectivity index is 0. The molecule has 0 rings (SSSR count). The van der Waals surface area contributed by atoms with E-state index in [1.807, 2.05) is 0 Å². The second-order valence-corrected chi connectivity index (χ2v) is 0. The van der Waals surface area contributed by atoms with E-state index in [-0.39, 0.29) is 93.7 Å². The van der Waals surface area contributed by atoms with Gasteiger partial charge in [0.05, 0.1) is 0 Å². The Labute approximate surface area is 92.5 Å². The van der Waals surface area contributed by atoms with Crippen LogP contribution in [0.5, 0.6) is 0 Å². The molecular formula is H8AlCuMgSiTa. The van der Waals surface area contributed by atoms with Crippen molar-refractivity contribution >= 4 is 51.4 Å². The maximum Gasteiger partial charge on any atom is 2.00 e. The van der Waals surface area contributed by atoms with Gasteiger partial charge in [0.2, 0.25) is 0 Å². The van der Waals surface area contributed by atoms with E-state index in [1.165, 1.54) is 0 Å². The van der Waals surface area contributed by atoms with Crippen LogP contribution in [0.25, 0.3) is 0 Å². The molecule has 0 aromatic heterocycles. The van der Waals surface area contributed by atoms with Gasteiger partial charge in [-0.2, -0.15) is 0 Å². The Kier molecular flexibility index (Phi) is 272. The van der Waals surface area contributed by atoms with E-state index in [1.54, 1.807) is 0 Å². The summed E-state index contributed by atoms with van der Waals surface area (Å²) < 4.78 is 0. The number of hydrogen-bond donors (Lipinski definition) is 0. The van der Waals surface area contributed by atoms with Gasteiger partial charge in [-0.15, -0.1) is 0 Å². The molecule has 5 heavy (non-hydrogen) atoms. The summed E-state index contributed by atoms with van der Waals surface area (Å²) in [4.78, 5) is 0. The van der Waals surface area contributed by atoms with Crippen molar-refractivity contribution in [1.82, 2.24) is 0 Å². The van der Waals surface area contributed by atoms with E-state index in [4.69, 9.17) is 0 Å². The largest absolute Gasteiger partial charge is 2.00 e. The molecule has 33 valence electrons. The molecule has 0 bridgehead atoms. The fourth-order valence-corrected chi connectivity index (χ4v) is 0. The fraction of sp³-hybridized carbons (Fsp3) is 0. The van der Waals surface area contributed by atoms with Crippen LogP contribution in [-0.4, -0.2) is 51.4 Å². The molecule has 0 fully saturated rings. The van der Waals surface area contributed by atoms with Crippen LogP contribution in [0, 0.1) is 0 Å². The van der Waals surface area contributed by atoms with Gasteiger partial charge in [0.15, 0.2) is 17.4 Å². The third-order valence-corrected chi connectivity index (χ3v) is 0. The first-order valence-corrected chi connectivity index (χ1v) is 0.